The van der Waals surface area contributed by atoms with Crippen molar-refractivity contribution in [3.8, 4) is 0 Å². The third kappa shape index (κ3) is 5.28. The van der Waals surface area contributed by atoms with Crippen molar-refractivity contribution in [3.05, 3.63) is 101 Å². The van der Waals surface area contributed by atoms with Crippen LogP contribution in [0.1, 0.15) is 74.4 Å². The third-order valence-electron chi connectivity index (χ3n) is 5.28. The molecule has 2 aromatic carbocycles. The van der Waals surface area contributed by atoms with Crippen LogP contribution < -0.4 is 10.6 Å². The highest BCUT2D eigenvalue weighted by molar-refractivity contribution is 5.22. The minimum Gasteiger partial charge on any atom is -0.302 e. The number of benzene rings is 2. The molecule has 0 amide bonds. The Morgan fingerprint density at radius 2 is 0.893 bits per heavy atom. The summed E-state index contributed by atoms with van der Waals surface area (Å²) in [7, 11) is 0. The zero-order valence-corrected chi connectivity index (χ0v) is 17.3. The Hall–Kier alpha value is -2.49. The summed E-state index contributed by atoms with van der Waals surface area (Å²) in [4.78, 5) is 4.94. The molecule has 0 aliphatic rings. The van der Waals surface area contributed by atoms with Gasteiger partial charge in [-0.15, -0.1) is 0 Å². The number of nitrogens with one attached hydrogen (secondary N) is 2. The molecule has 0 unspecified atom stereocenters. The lowest BCUT2D eigenvalue weighted by atomic mass is 10.1. The molecule has 0 saturated heterocycles. The van der Waals surface area contributed by atoms with Gasteiger partial charge in [-0.1, -0.05) is 66.7 Å². The van der Waals surface area contributed by atoms with Gasteiger partial charge in [-0.2, -0.15) is 0 Å². The predicted molar refractivity (Wildman–Crippen MR) is 117 cm³/mol. The van der Waals surface area contributed by atoms with Crippen LogP contribution >= 0.6 is 0 Å². The number of hydrogen-bond acceptors (Lipinski definition) is 3. The Balaban J connectivity index is 1.65. The van der Waals surface area contributed by atoms with Gasteiger partial charge < -0.3 is 10.6 Å². The fourth-order valence-electron chi connectivity index (χ4n) is 3.55. The molecule has 3 heteroatoms. The summed E-state index contributed by atoms with van der Waals surface area (Å²) in [5, 5.41) is 7.32. The summed E-state index contributed by atoms with van der Waals surface area (Å²) in [6.45, 7) is 8.75. The van der Waals surface area contributed by atoms with Gasteiger partial charge in [0.2, 0.25) is 0 Å². The standard InChI is InChI=1S/C25H31N3/c1-18(22-12-7-5-8-13-22)26-20(3)24-16-11-17-25(28-24)21(4)27-19(2)23-14-9-6-10-15-23/h5-21,26-27H,1-4H3/t18-,19+,20-,21+. The van der Waals surface area contributed by atoms with Crippen molar-refractivity contribution in [2.75, 3.05) is 0 Å². The van der Waals surface area contributed by atoms with E-state index in [-0.39, 0.29) is 24.2 Å². The van der Waals surface area contributed by atoms with Crippen molar-refractivity contribution in [2.45, 2.75) is 51.9 Å². The highest BCUT2D eigenvalue weighted by Gasteiger charge is 2.16. The molecule has 0 aliphatic heterocycles. The Labute approximate surface area is 169 Å². The first kappa shape index (κ1) is 20.2. The molecule has 28 heavy (non-hydrogen) atoms. The second-order valence-electron chi connectivity index (χ2n) is 7.53. The molecular weight excluding hydrogens is 342 g/mol. The van der Waals surface area contributed by atoms with Gasteiger partial charge in [0.15, 0.2) is 0 Å². The van der Waals surface area contributed by atoms with Crippen LogP contribution in [0.3, 0.4) is 0 Å². The van der Waals surface area contributed by atoms with Gasteiger partial charge in [0.25, 0.3) is 0 Å². The molecule has 1 heterocycles. The molecular formula is C25H31N3. The van der Waals surface area contributed by atoms with Gasteiger partial charge in [-0.25, -0.2) is 0 Å². The second kappa shape index (κ2) is 9.63. The topological polar surface area (TPSA) is 37.0 Å². The molecule has 3 rings (SSSR count). The zero-order valence-electron chi connectivity index (χ0n) is 17.3. The summed E-state index contributed by atoms with van der Waals surface area (Å²) in [5.41, 5.74) is 4.72. The van der Waals surface area contributed by atoms with Crippen LogP contribution in [0.25, 0.3) is 0 Å². The first-order valence-corrected chi connectivity index (χ1v) is 10.1. The quantitative estimate of drug-likeness (QED) is 0.516. The van der Waals surface area contributed by atoms with Crippen LogP contribution in [0.15, 0.2) is 78.9 Å². The molecule has 4 atom stereocenters. The monoisotopic (exact) mass is 373 g/mol. The lowest BCUT2D eigenvalue weighted by Crippen LogP contribution is -2.25. The fourth-order valence-corrected chi connectivity index (χ4v) is 3.55. The van der Waals surface area contributed by atoms with E-state index in [4.69, 9.17) is 4.98 Å². The van der Waals surface area contributed by atoms with Crippen molar-refractivity contribution in [1.82, 2.24) is 15.6 Å². The van der Waals surface area contributed by atoms with Gasteiger partial charge in [0.05, 0.1) is 11.4 Å². The van der Waals surface area contributed by atoms with Gasteiger partial charge in [0, 0.05) is 24.2 Å². The minimum absolute atomic E-state index is 0.175. The number of nitrogens with zero attached hydrogens (tertiary/aromatic N) is 1. The maximum absolute atomic E-state index is 4.94. The Kier molecular flexibility index (Phi) is 6.96. The second-order valence-corrected chi connectivity index (χ2v) is 7.53. The summed E-state index contributed by atoms with van der Waals surface area (Å²) >= 11 is 0. The van der Waals surface area contributed by atoms with Crippen LogP contribution in [-0.2, 0) is 0 Å². The van der Waals surface area contributed by atoms with E-state index in [0.717, 1.165) is 11.4 Å². The van der Waals surface area contributed by atoms with Crippen LogP contribution in [-0.4, -0.2) is 4.98 Å². The zero-order chi connectivity index (χ0) is 19.9. The van der Waals surface area contributed by atoms with E-state index < -0.39 is 0 Å². The SMILES string of the molecule is C[C@H](N[C@@H](C)c1cccc([C@@H](C)N[C@H](C)c2ccccc2)n1)c1ccccc1. The summed E-state index contributed by atoms with van der Waals surface area (Å²) in [5.74, 6) is 0. The first-order chi connectivity index (χ1) is 13.5. The maximum Gasteiger partial charge on any atom is 0.0574 e. The fraction of sp³-hybridized carbons (Fsp3) is 0.320. The van der Waals surface area contributed by atoms with Crippen LogP contribution in [0.4, 0.5) is 0 Å². The Morgan fingerprint density at radius 3 is 1.29 bits per heavy atom. The van der Waals surface area contributed by atoms with Gasteiger partial charge in [-0.05, 0) is 51.0 Å². The van der Waals surface area contributed by atoms with Crippen LogP contribution in [0, 0.1) is 0 Å². The molecule has 0 radical (unpaired) electrons. The average Bonchev–Trinajstić information content (AvgIpc) is 2.75. The lowest BCUT2D eigenvalue weighted by Gasteiger charge is -2.23. The molecule has 146 valence electrons. The molecule has 0 spiro atoms. The number of hydrogen-bond donors (Lipinski definition) is 2. The van der Waals surface area contributed by atoms with E-state index in [1.54, 1.807) is 0 Å². The highest BCUT2D eigenvalue weighted by atomic mass is 15.0. The molecule has 0 bridgehead atoms. The minimum atomic E-state index is 0.175. The van der Waals surface area contributed by atoms with Crippen LogP contribution in [0.5, 0.6) is 0 Å². The van der Waals surface area contributed by atoms with Gasteiger partial charge >= 0.3 is 0 Å². The normalized spacial score (nSPS) is 15.6. The predicted octanol–water partition coefficient (Wildman–Crippen LogP) is 5.91. The first-order valence-electron chi connectivity index (χ1n) is 10.1. The highest BCUT2D eigenvalue weighted by Crippen LogP contribution is 2.21. The molecule has 0 fully saturated rings. The smallest absolute Gasteiger partial charge is 0.0574 e. The van der Waals surface area contributed by atoms with Crippen molar-refractivity contribution >= 4 is 0 Å². The third-order valence-corrected chi connectivity index (χ3v) is 5.28. The molecule has 0 saturated carbocycles. The largest absolute Gasteiger partial charge is 0.302 e. The molecule has 3 aromatic rings. The van der Waals surface area contributed by atoms with E-state index in [1.807, 2.05) is 0 Å². The number of rotatable bonds is 8. The average molecular weight is 374 g/mol. The van der Waals surface area contributed by atoms with E-state index in [0.29, 0.717) is 0 Å². The maximum atomic E-state index is 4.94. The van der Waals surface area contributed by atoms with Crippen LogP contribution in [0.2, 0.25) is 0 Å². The Bertz CT molecular complexity index is 779. The van der Waals surface area contributed by atoms with E-state index in [2.05, 4.69) is 117 Å². The van der Waals surface area contributed by atoms with Crippen molar-refractivity contribution in [1.29, 1.82) is 0 Å². The summed E-state index contributed by atoms with van der Waals surface area (Å²) in [6.07, 6.45) is 0. The molecule has 3 nitrogen and oxygen atoms in total. The lowest BCUT2D eigenvalue weighted by molar-refractivity contribution is 0.469. The van der Waals surface area contributed by atoms with Crippen molar-refractivity contribution in [2.24, 2.45) is 0 Å². The summed E-state index contributed by atoms with van der Waals surface area (Å²) in [6, 6.07) is 28.3. The van der Waals surface area contributed by atoms with Gasteiger partial charge in [0.1, 0.15) is 0 Å². The number of aromatic nitrogens is 1. The Morgan fingerprint density at radius 1 is 0.500 bits per heavy atom. The summed E-state index contributed by atoms with van der Waals surface area (Å²) < 4.78 is 0. The van der Waals surface area contributed by atoms with E-state index >= 15 is 0 Å². The van der Waals surface area contributed by atoms with Crippen molar-refractivity contribution in [3.63, 3.8) is 0 Å². The van der Waals surface area contributed by atoms with Crippen molar-refractivity contribution < 1.29 is 0 Å². The van der Waals surface area contributed by atoms with E-state index in [1.165, 1.54) is 11.1 Å². The molecule has 1 aromatic heterocycles. The van der Waals surface area contributed by atoms with E-state index in [9.17, 15) is 0 Å². The molecule has 2 N–H and O–H groups in total. The number of pyridine rings is 1. The van der Waals surface area contributed by atoms with Gasteiger partial charge in [-0.3, -0.25) is 4.98 Å². The molecule has 0 aliphatic carbocycles.